The molecule has 0 aliphatic carbocycles. The quantitative estimate of drug-likeness (QED) is 0.440. The Hall–Kier alpha value is -3.60. The maximum atomic E-state index is 12.5. The first-order valence-corrected chi connectivity index (χ1v) is 10.5. The molecule has 2 aromatic carbocycles. The van der Waals surface area contributed by atoms with Gasteiger partial charge in [-0.25, -0.2) is 0 Å². The highest BCUT2D eigenvalue weighted by atomic mass is 16.5. The molecule has 1 saturated heterocycles. The van der Waals surface area contributed by atoms with Crippen LogP contribution in [0.2, 0.25) is 0 Å². The average Bonchev–Trinajstić information content (AvgIpc) is 2.80. The van der Waals surface area contributed by atoms with E-state index in [9.17, 15) is 9.59 Å². The number of rotatable bonds is 4. The molecular weight excluding hydrogens is 404 g/mol. The molecule has 2 amide bonds. The van der Waals surface area contributed by atoms with Crippen LogP contribution >= 0.6 is 0 Å². The van der Waals surface area contributed by atoms with Crippen molar-refractivity contribution in [3.8, 4) is 11.8 Å². The van der Waals surface area contributed by atoms with Crippen molar-refractivity contribution in [2.24, 2.45) is 0 Å². The molecule has 1 fully saturated rings. The van der Waals surface area contributed by atoms with Gasteiger partial charge in [0.2, 0.25) is 0 Å². The van der Waals surface area contributed by atoms with E-state index >= 15 is 0 Å². The first-order valence-electron chi connectivity index (χ1n) is 10.5. The number of imide groups is 1. The SMILES string of the molecule is COCC#Cc1ccc2c(c1)C(=CNc1ccc(N3CCN(C)CC3)cc1)C(=O)NC2=O. The molecule has 0 radical (unpaired) electrons. The van der Waals surface area contributed by atoms with Crippen molar-refractivity contribution in [3.63, 3.8) is 0 Å². The summed E-state index contributed by atoms with van der Waals surface area (Å²) in [5.74, 6) is 5.03. The maximum absolute atomic E-state index is 12.5. The summed E-state index contributed by atoms with van der Waals surface area (Å²) >= 11 is 0. The van der Waals surface area contributed by atoms with Gasteiger partial charge >= 0.3 is 0 Å². The van der Waals surface area contributed by atoms with Crippen molar-refractivity contribution < 1.29 is 14.3 Å². The minimum atomic E-state index is -0.439. The number of hydrogen-bond donors (Lipinski definition) is 2. The van der Waals surface area contributed by atoms with Crippen LogP contribution in [-0.4, -0.2) is 63.7 Å². The minimum Gasteiger partial charge on any atom is -0.372 e. The van der Waals surface area contributed by atoms with E-state index in [0.717, 1.165) is 31.9 Å². The zero-order chi connectivity index (χ0) is 22.5. The van der Waals surface area contributed by atoms with Crippen LogP contribution < -0.4 is 15.5 Å². The molecule has 0 atom stereocenters. The Balaban J connectivity index is 1.54. The number of ether oxygens (including phenoxy) is 1. The van der Waals surface area contributed by atoms with Gasteiger partial charge in [-0.05, 0) is 49.5 Å². The monoisotopic (exact) mass is 430 g/mol. The second-order valence-corrected chi connectivity index (χ2v) is 7.82. The van der Waals surface area contributed by atoms with Gasteiger partial charge in [-0.2, -0.15) is 0 Å². The minimum absolute atomic E-state index is 0.310. The maximum Gasteiger partial charge on any atom is 0.260 e. The predicted molar refractivity (Wildman–Crippen MR) is 125 cm³/mol. The van der Waals surface area contributed by atoms with Crippen LogP contribution in [0.5, 0.6) is 0 Å². The fourth-order valence-electron chi connectivity index (χ4n) is 3.75. The number of amides is 2. The molecule has 7 heteroatoms. The van der Waals surface area contributed by atoms with Crippen LogP contribution in [0.25, 0.3) is 5.57 Å². The van der Waals surface area contributed by atoms with Gasteiger partial charge in [-0.1, -0.05) is 11.8 Å². The van der Waals surface area contributed by atoms with Gasteiger partial charge in [-0.15, -0.1) is 0 Å². The normalized spacial score (nSPS) is 17.4. The fraction of sp³-hybridized carbons (Fsp3) is 0.280. The van der Waals surface area contributed by atoms with Gasteiger partial charge in [0.15, 0.2) is 0 Å². The van der Waals surface area contributed by atoms with Crippen molar-refractivity contribution in [1.29, 1.82) is 0 Å². The molecule has 2 aromatic rings. The molecule has 32 heavy (non-hydrogen) atoms. The van der Waals surface area contributed by atoms with E-state index in [2.05, 4.69) is 51.5 Å². The van der Waals surface area contributed by atoms with Crippen LogP contribution in [0, 0.1) is 11.8 Å². The molecule has 0 unspecified atom stereocenters. The summed E-state index contributed by atoms with van der Waals surface area (Å²) in [6.07, 6.45) is 1.64. The third-order valence-corrected chi connectivity index (χ3v) is 5.59. The second-order valence-electron chi connectivity index (χ2n) is 7.82. The van der Waals surface area contributed by atoms with Crippen LogP contribution in [0.1, 0.15) is 21.5 Å². The van der Waals surface area contributed by atoms with Gasteiger partial charge in [0.1, 0.15) is 6.61 Å². The van der Waals surface area contributed by atoms with Gasteiger partial charge in [-0.3, -0.25) is 14.9 Å². The molecule has 0 saturated carbocycles. The molecule has 2 aliphatic heterocycles. The van der Waals surface area contributed by atoms with Gasteiger partial charge in [0.25, 0.3) is 11.8 Å². The van der Waals surface area contributed by atoms with Crippen LogP contribution in [0.15, 0.2) is 48.7 Å². The van der Waals surface area contributed by atoms with Gasteiger partial charge < -0.3 is 19.9 Å². The van der Waals surface area contributed by atoms with Crippen molar-refractivity contribution in [1.82, 2.24) is 10.2 Å². The van der Waals surface area contributed by atoms with Crippen molar-refractivity contribution in [2.45, 2.75) is 0 Å². The number of nitrogens with one attached hydrogen (secondary N) is 2. The number of piperazine rings is 1. The van der Waals surface area contributed by atoms with Crippen molar-refractivity contribution >= 4 is 28.8 Å². The lowest BCUT2D eigenvalue weighted by Gasteiger charge is -2.34. The largest absolute Gasteiger partial charge is 0.372 e. The summed E-state index contributed by atoms with van der Waals surface area (Å²) in [5, 5.41) is 5.59. The predicted octanol–water partition coefficient (Wildman–Crippen LogP) is 2.16. The summed E-state index contributed by atoms with van der Waals surface area (Å²) in [4.78, 5) is 29.5. The van der Waals surface area contributed by atoms with Crippen molar-refractivity contribution in [2.75, 3.05) is 57.2 Å². The first kappa shape index (κ1) is 21.6. The molecule has 2 N–H and O–H groups in total. The Morgan fingerprint density at radius 1 is 1.03 bits per heavy atom. The van der Waals surface area contributed by atoms with Crippen LogP contribution in [0.3, 0.4) is 0 Å². The van der Waals surface area contributed by atoms with Crippen LogP contribution in [0.4, 0.5) is 11.4 Å². The number of anilines is 2. The summed E-state index contributed by atoms with van der Waals surface area (Å²) < 4.78 is 4.95. The lowest BCUT2D eigenvalue weighted by molar-refractivity contribution is -0.114. The molecule has 164 valence electrons. The Morgan fingerprint density at radius 3 is 2.50 bits per heavy atom. The van der Waals surface area contributed by atoms with Gasteiger partial charge in [0, 0.05) is 67.6 Å². The summed E-state index contributed by atoms with van der Waals surface area (Å²) in [7, 11) is 3.72. The zero-order valence-corrected chi connectivity index (χ0v) is 18.3. The Labute approximate surface area is 188 Å². The topological polar surface area (TPSA) is 73.9 Å². The third-order valence-electron chi connectivity index (χ3n) is 5.59. The number of hydrogen-bond acceptors (Lipinski definition) is 6. The molecule has 2 heterocycles. The first-order chi connectivity index (χ1) is 15.5. The number of nitrogens with zero attached hydrogens (tertiary/aromatic N) is 2. The molecule has 0 aromatic heterocycles. The third kappa shape index (κ3) is 4.83. The van der Waals surface area contributed by atoms with Crippen molar-refractivity contribution in [3.05, 3.63) is 65.4 Å². The van der Waals surface area contributed by atoms with E-state index in [4.69, 9.17) is 4.74 Å². The lowest BCUT2D eigenvalue weighted by atomic mass is 9.93. The number of benzene rings is 2. The highest BCUT2D eigenvalue weighted by Gasteiger charge is 2.27. The molecular formula is C25H26N4O3. The second kappa shape index (κ2) is 9.69. The van der Waals surface area contributed by atoms with Crippen LogP contribution in [-0.2, 0) is 9.53 Å². The molecule has 7 nitrogen and oxygen atoms in total. The van der Waals surface area contributed by atoms with E-state index in [0.29, 0.717) is 28.9 Å². The summed E-state index contributed by atoms with van der Waals surface area (Å²) in [5.41, 5.74) is 4.15. The number of fused-ring (bicyclic) bond motifs is 1. The lowest BCUT2D eigenvalue weighted by Crippen LogP contribution is -2.44. The standard InChI is InChI=1S/C25H26N4O3/c1-28-11-13-29(14-12-28)20-8-6-19(7-9-20)26-17-23-22-16-18(4-3-15-32-2)5-10-21(22)24(30)27-25(23)31/h5-10,16-17,26H,11-15H2,1-2H3,(H,27,30,31). The summed E-state index contributed by atoms with van der Waals surface area (Å²) in [6.45, 7) is 4.43. The van der Waals surface area contributed by atoms with E-state index < -0.39 is 11.8 Å². The van der Waals surface area contributed by atoms with E-state index in [-0.39, 0.29) is 0 Å². The number of carbonyl (C=O) groups is 2. The number of methoxy groups -OCH3 is 1. The van der Waals surface area contributed by atoms with Gasteiger partial charge in [0.05, 0.1) is 5.57 Å². The molecule has 0 bridgehead atoms. The number of carbonyl (C=O) groups excluding carboxylic acids is 2. The molecule has 0 spiro atoms. The van der Waals surface area contributed by atoms with E-state index in [1.807, 2.05) is 12.1 Å². The fourth-order valence-corrected chi connectivity index (χ4v) is 3.75. The Bertz CT molecular complexity index is 1100. The summed E-state index contributed by atoms with van der Waals surface area (Å²) in [6, 6.07) is 13.3. The average molecular weight is 431 g/mol. The smallest absolute Gasteiger partial charge is 0.260 e. The molecule has 4 rings (SSSR count). The van der Waals surface area contributed by atoms with E-state index in [1.54, 1.807) is 31.5 Å². The highest BCUT2D eigenvalue weighted by Crippen LogP contribution is 2.26. The van der Waals surface area contributed by atoms with E-state index in [1.165, 1.54) is 5.69 Å². The Morgan fingerprint density at radius 2 is 1.78 bits per heavy atom. The Kier molecular flexibility index (Phi) is 6.55. The highest BCUT2D eigenvalue weighted by molar-refractivity contribution is 6.31. The zero-order valence-electron chi connectivity index (χ0n) is 18.3. The number of likely N-dealkylation sites (N-methyl/N-ethyl adjacent to an activating group) is 1. The molecule has 2 aliphatic rings.